The smallest absolute Gasteiger partial charge is 0.329 e. The minimum Gasteiger partial charge on any atom is -0.465 e. The highest BCUT2D eigenvalue weighted by Gasteiger charge is 2.35. The van der Waals surface area contributed by atoms with E-state index in [1.54, 1.807) is 19.1 Å². The van der Waals surface area contributed by atoms with Gasteiger partial charge in [-0.1, -0.05) is 60.2 Å². The predicted octanol–water partition coefficient (Wildman–Crippen LogP) is 2.63. The number of ether oxygens (including phenoxy) is 1. The lowest BCUT2D eigenvalue weighted by atomic mass is 9.94. The largest absolute Gasteiger partial charge is 0.465 e. The third kappa shape index (κ3) is 3.46. The Morgan fingerprint density at radius 2 is 1.72 bits per heavy atom. The maximum Gasteiger partial charge on any atom is 0.329 e. The zero-order valence-corrected chi connectivity index (χ0v) is 14.2. The van der Waals surface area contributed by atoms with Gasteiger partial charge in [0.2, 0.25) is 5.78 Å². The zero-order chi connectivity index (χ0) is 17.8. The Morgan fingerprint density at radius 1 is 1.04 bits per heavy atom. The topological polar surface area (TPSA) is 67.4 Å². The molecule has 0 spiro atoms. The number of rotatable bonds is 5. The normalized spacial score (nSPS) is 16.5. The molecule has 0 fully saturated rings. The molecule has 1 unspecified atom stereocenters. The van der Waals surface area contributed by atoms with Gasteiger partial charge < -0.3 is 10.2 Å². The van der Waals surface area contributed by atoms with Crippen molar-refractivity contribution in [3.8, 4) is 0 Å². The summed E-state index contributed by atoms with van der Waals surface area (Å²) in [6.45, 7) is 4.02. The Balaban J connectivity index is 2.07. The van der Waals surface area contributed by atoms with Gasteiger partial charge in [-0.05, 0) is 19.4 Å². The number of nitrogens with one attached hydrogen (secondary N) is 2. The number of allylic oxidation sites excluding steroid dienone is 1. The van der Waals surface area contributed by atoms with Crippen molar-refractivity contribution in [2.45, 2.75) is 19.9 Å². The van der Waals surface area contributed by atoms with E-state index in [9.17, 15) is 9.59 Å². The maximum atomic E-state index is 12.9. The van der Waals surface area contributed by atoms with Crippen LogP contribution in [0.2, 0.25) is 0 Å². The molecule has 0 aromatic heterocycles. The van der Waals surface area contributed by atoms with Crippen LogP contribution in [0.1, 0.15) is 28.4 Å². The Labute approximate surface area is 146 Å². The number of benzene rings is 2. The highest BCUT2D eigenvalue weighted by molar-refractivity contribution is 6.15. The first-order valence-electron chi connectivity index (χ1n) is 8.21. The fraction of sp³-hybridized carbons (Fsp3) is 0.200. The first-order valence-corrected chi connectivity index (χ1v) is 8.21. The second-order valence-electron chi connectivity index (χ2n) is 5.80. The van der Waals surface area contributed by atoms with Gasteiger partial charge in [0.25, 0.3) is 0 Å². The maximum absolute atomic E-state index is 12.9. The number of Topliss-reactive ketones (excluding diaryl/α,β-unsaturated/α-hetero) is 1. The van der Waals surface area contributed by atoms with Gasteiger partial charge in [-0.15, -0.1) is 0 Å². The average Bonchev–Trinajstić information content (AvgIpc) is 3.08. The van der Waals surface area contributed by atoms with Crippen molar-refractivity contribution in [1.29, 1.82) is 0 Å². The molecule has 0 radical (unpaired) electrons. The summed E-state index contributed by atoms with van der Waals surface area (Å²) in [4.78, 5) is 25.2. The molecule has 1 aliphatic rings. The van der Waals surface area contributed by atoms with E-state index in [4.69, 9.17) is 4.74 Å². The molecule has 1 aliphatic heterocycles. The van der Waals surface area contributed by atoms with Crippen LogP contribution in [0.4, 0.5) is 0 Å². The van der Waals surface area contributed by atoms with Crippen LogP contribution in [-0.4, -0.2) is 24.4 Å². The number of carbonyl (C=O) groups is 2. The van der Waals surface area contributed by atoms with Gasteiger partial charge in [0.15, 0.2) is 6.04 Å². The molecule has 0 bridgehead atoms. The Hall–Kier alpha value is -2.92. The molecule has 2 aromatic carbocycles. The first-order chi connectivity index (χ1) is 12.1. The van der Waals surface area contributed by atoms with Crippen molar-refractivity contribution in [1.82, 2.24) is 10.9 Å². The summed E-state index contributed by atoms with van der Waals surface area (Å²) in [5, 5.41) is 0. The average molecular weight is 336 g/mol. The quantitative estimate of drug-likeness (QED) is 0.649. The molecule has 0 aliphatic carbocycles. The third-order valence-corrected chi connectivity index (χ3v) is 4.05. The molecule has 1 atom stereocenters. The molecule has 2 N–H and O–H groups in total. The van der Waals surface area contributed by atoms with Crippen LogP contribution in [0, 0.1) is 6.92 Å². The molecule has 2 aromatic rings. The van der Waals surface area contributed by atoms with Gasteiger partial charge in [-0.25, -0.2) is 10.2 Å². The summed E-state index contributed by atoms with van der Waals surface area (Å²) in [6.07, 6.45) is 0. The molecule has 1 heterocycles. The lowest BCUT2D eigenvalue weighted by Crippen LogP contribution is -2.40. The van der Waals surface area contributed by atoms with Crippen LogP contribution < -0.4 is 10.9 Å². The molecule has 0 saturated heterocycles. The van der Waals surface area contributed by atoms with Gasteiger partial charge in [0, 0.05) is 11.1 Å². The lowest BCUT2D eigenvalue weighted by Gasteiger charge is -2.13. The van der Waals surface area contributed by atoms with E-state index in [0.717, 1.165) is 11.1 Å². The molecule has 0 amide bonds. The van der Waals surface area contributed by atoms with Crippen molar-refractivity contribution in [2.75, 3.05) is 6.61 Å². The van der Waals surface area contributed by atoms with Crippen LogP contribution in [0.15, 0.2) is 60.3 Å². The van der Waals surface area contributed by atoms with Crippen LogP contribution >= 0.6 is 0 Å². The van der Waals surface area contributed by atoms with Gasteiger partial charge in [0.1, 0.15) is 5.70 Å². The van der Waals surface area contributed by atoms with E-state index in [2.05, 4.69) is 10.9 Å². The van der Waals surface area contributed by atoms with Crippen molar-refractivity contribution < 1.29 is 14.3 Å². The predicted molar refractivity (Wildman–Crippen MR) is 95.6 cm³/mol. The molecule has 5 nitrogen and oxygen atoms in total. The summed E-state index contributed by atoms with van der Waals surface area (Å²) in [7, 11) is 0. The fourth-order valence-corrected chi connectivity index (χ4v) is 2.79. The van der Waals surface area contributed by atoms with Crippen LogP contribution in [-0.2, 0) is 9.53 Å². The Morgan fingerprint density at radius 3 is 2.36 bits per heavy atom. The standard InChI is InChI=1S/C20H20N2O3/c1-3-25-20(24)18-16(14-11-9-13(2)10-12-14)17(21-22-18)19(23)15-7-5-4-6-8-15/h4-12,18,21-22H,3H2,1-2H3. The van der Waals surface area contributed by atoms with E-state index in [1.165, 1.54) is 0 Å². The summed E-state index contributed by atoms with van der Waals surface area (Å²) in [6, 6.07) is 16.0. The molecular weight excluding hydrogens is 316 g/mol. The van der Waals surface area contributed by atoms with Crippen molar-refractivity contribution >= 4 is 17.3 Å². The summed E-state index contributed by atoms with van der Waals surface area (Å²) in [5.74, 6) is -0.586. The van der Waals surface area contributed by atoms with Gasteiger partial charge >= 0.3 is 5.97 Å². The molecular formula is C20H20N2O3. The highest BCUT2D eigenvalue weighted by Crippen LogP contribution is 2.28. The van der Waals surface area contributed by atoms with Crippen molar-refractivity contribution in [3.63, 3.8) is 0 Å². The molecule has 25 heavy (non-hydrogen) atoms. The Bertz CT molecular complexity index is 811. The van der Waals surface area contributed by atoms with Gasteiger partial charge in [0.05, 0.1) is 6.61 Å². The number of carbonyl (C=O) groups excluding carboxylic acids is 2. The van der Waals surface area contributed by atoms with Crippen molar-refractivity contribution in [2.24, 2.45) is 0 Å². The summed E-state index contributed by atoms with van der Waals surface area (Å²) in [5.41, 5.74) is 9.21. The molecule has 0 saturated carbocycles. The first kappa shape index (κ1) is 16.9. The fourth-order valence-electron chi connectivity index (χ4n) is 2.79. The summed E-state index contributed by atoms with van der Waals surface area (Å²) < 4.78 is 5.15. The zero-order valence-electron chi connectivity index (χ0n) is 14.2. The highest BCUT2D eigenvalue weighted by atomic mass is 16.5. The van der Waals surface area contributed by atoms with Crippen LogP contribution in [0.25, 0.3) is 5.57 Å². The minimum absolute atomic E-state index is 0.171. The van der Waals surface area contributed by atoms with Crippen LogP contribution in [0.5, 0.6) is 0 Å². The molecule has 3 rings (SSSR count). The number of hydrazine groups is 1. The molecule has 128 valence electrons. The number of hydrogen-bond acceptors (Lipinski definition) is 5. The van der Waals surface area contributed by atoms with Gasteiger partial charge in [-0.2, -0.15) is 0 Å². The second-order valence-corrected chi connectivity index (χ2v) is 5.80. The number of hydrogen-bond donors (Lipinski definition) is 2. The van der Waals surface area contributed by atoms with Gasteiger partial charge in [-0.3, -0.25) is 4.79 Å². The van der Waals surface area contributed by atoms with E-state index in [1.807, 2.05) is 49.4 Å². The summed E-state index contributed by atoms with van der Waals surface area (Å²) >= 11 is 0. The monoisotopic (exact) mass is 336 g/mol. The SMILES string of the molecule is CCOC(=O)C1NNC(C(=O)c2ccccc2)=C1c1ccc(C)cc1. The molecule has 5 heteroatoms. The van der Waals surface area contributed by atoms with E-state index in [0.29, 0.717) is 16.8 Å². The number of esters is 1. The minimum atomic E-state index is -0.731. The number of aryl methyl sites for hydroxylation is 1. The lowest BCUT2D eigenvalue weighted by molar-refractivity contribution is -0.143. The number of ketones is 1. The Kier molecular flexibility index (Phi) is 4.95. The van der Waals surface area contributed by atoms with Crippen LogP contribution in [0.3, 0.4) is 0 Å². The second kappa shape index (κ2) is 7.32. The van der Waals surface area contributed by atoms with E-state index < -0.39 is 12.0 Å². The van der Waals surface area contributed by atoms with E-state index >= 15 is 0 Å². The van der Waals surface area contributed by atoms with Crippen molar-refractivity contribution in [3.05, 3.63) is 77.0 Å². The third-order valence-electron chi connectivity index (χ3n) is 4.05. The van der Waals surface area contributed by atoms with E-state index in [-0.39, 0.29) is 12.4 Å².